The van der Waals surface area contributed by atoms with Crippen molar-refractivity contribution in [3.8, 4) is 0 Å². The van der Waals surface area contributed by atoms with Gasteiger partial charge in [-0.1, -0.05) is 54.6 Å². The Morgan fingerprint density at radius 3 is 2.43 bits per heavy atom. The van der Waals surface area contributed by atoms with E-state index in [0.29, 0.717) is 11.4 Å². The molecule has 21 heavy (non-hydrogen) atoms. The summed E-state index contributed by atoms with van der Waals surface area (Å²) in [5.74, 6) is 0.273. The third-order valence-corrected chi connectivity index (χ3v) is 3.62. The molecule has 3 aromatic carbocycles. The highest BCUT2D eigenvalue weighted by molar-refractivity contribution is 6.50. The number of amidine groups is 1. The van der Waals surface area contributed by atoms with Crippen molar-refractivity contribution in [1.29, 1.82) is 0 Å². The van der Waals surface area contributed by atoms with Crippen LogP contribution in [0.3, 0.4) is 0 Å². The molecule has 100 valence electrons. The number of nitrogens with one attached hydrogen (secondary N) is 1. The number of carbonyl (C=O) groups excluding carboxylic acids is 1. The van der Waals surface area contributed by atoms with Crippen molar-refractivity contribution in [2.75, 3.05) is 5.32 Å². The van der Waals surface area contributed by atoms with Gasteiger partial charge in [0.05, 0.1) is 5.69 Å². The fourth-order valence-electron chi connectivity index (χ4n) is 2.63. The molecule has 0 saturated heterocycles. The van der Waals surface area contributed by atoms with Gasteiger partial charge in [-0.2, -0.15) is 0 Å². The van der Waals surface area contributed by atoms with Crippen LogP contribution in [0.1, 0.15) is 10.4 Å². The number of aliphatic imine (C=N–C) groups is 1. The van der Waals surface area contributed by atoms with E-state index in [1.54, 1.807) is 12.1 Å². The fourth-order valence-corrected chi connectivity index (χ4v) is 2.63. The van der Waals surface area contributed by atoms with Crippen LogP contribution < -0.4 is 5.32 Å². The van der Waals surface area contributed by atoms with Gasteiger partial charge < -0.3 is 5.32 Å². The van der Waals surface area contributed by atoms with Crippen LogP contribution >= 0.6 is 0 Å². The van der Waals surface area contributed by atoms with Crippen LogP contribution in [0.4, 0.5) is 11.4 Å². The average Bonchev–Trinajstić information content (AvgIpc) is 2.55. The number of hydrogen-bond donors (Lipinski definition) is 1. The maximum atomic E-state index is 12.5. The first-order valence-corrected chi connectivity index (χ1v) is 6.80. The zero-order chi connectivity index (χ0) is 14.2. The molecule has 0 amide bonds. The molecule has 0 unspecified atom stereocenters. The molecular weight excluding hydrogens is 260 g/mol. The molecule has 0 fully saturated rings. The quantitative estimate of drug-likeness (QED) is 0.711. The lowest BCUT2D eigenvalue weighted by molar-refractivity contribution is 0.106. The molecular formula is C18H12N2O. The van der Waals surface area contributed by atoms with Gasteiger partial charge in [-0.05, 0) is 17.5 Å². The molecule has 1 aliphatic heterocycles. The minimum Gasteiger partial charge on any atom is -0.336 e. The SMILES string of the molecule is O=C(C1=Nc2cccc3cccc(c23)N1)c1ccccc1. The van der Waals surface area contributed by atoms with Crippen molar-refractivity contribution in [3.63, 3.8) is 0 Å². The van der Waals surface area contributed by atoms with Crippen molar-refractivity contribution in [2.24, 2.45) is 4.99 Å². The number of nitrogens with zero attached hydrogens (tertiary/aromatic N) is 1. The third kappa shape index (κ3) is 1.91. The Morgan fingerprint density at radius 1 is 0.857 bits per heavy atom. The molecule has 0 saturated carbocycles. The van der Waals surface area contributed by atoms with Crippen LogP contribution in [0.15, 0.2) is 71.7 Å². The predicted octanol–water partition coefficient (Wildman–Crippen LogP) is 4.18. The van der Waals surface area contributed by atoms with Crippen LogP contribution in [0.2, 0.25) is 0 Å². The highest BCUT2D eigenvalue weighted by Crippen LogP contribution is 2.35. The molecule has 3 nitrogen and oxygen atoms in total. The summed E-state index contributed by atoms with van der Waals surface area (Å²) >= 11 is 0. The molecule has 4 rings (SSSR count). The number of anilines is 1. The Hall–Kier alpha value is -2.94. The molecule has 1 heterocycles. The van der Waals surface area contributed by atoms with Crippen molar-refractivity contribution >= 4 is 33.8 Å². The standard InChI is InChI=1S/C18H12N2O/c21-17(13-6-2-1-3-7-13)18-19-14-10-4-8-12-9-5-11-15(20-18)16(12)14/h1-11H,(H,19,20). The molecule has 0 bridgehead atoms. The van der Waals surface area contributed by atoms with Crippen LogP contribution in [-0.2, 0) is 0 Å². The van der Waals surface area contributed by atoms with Crippen LogP contribution in [0, 0.1) is 0 Å². The van der Waals surface area contributed by atoms with Gasteiger partial charge in [-0.25, -0.2) is 4.99 Å². The van der Waals surface area contributed by atoms with E-state index < -0.39 is 0 Å². The Balaban J connectivity index is 1.85. The number of benzene rings is 3. The molecule has 0 atom stereocenters. The zero-order valence-corrected chi connectivity index (χ0v) is 11.2. The summed E-state index contributed by atoms with van der Waals surface area (Å²) < 4.78 is 0. The van der Waals surface area contributed by atoms with Gasteiger partial charge in [-0.15, -0.1) is 0 Å². The monoisotopic (exact) mass is 272 g/mol. The maximum Gasteiger partial charge on any atom is 0.228 e. The average molecular weight is 272 g/mol. The molecule has 1 N–H and O–H groups in total. The van der Waals surface area contributed by atoms with E-state index in [0.717, 1.165) is 22.1 Å². The molecule has 0 radical (unpaired) electrons. The van der Waals surface area contributed by atoms with Gasteiger partial charge in [0, 0.05) is 16.6 Å². The first-order valence-electron chi connectivity index (χ1n) is 6.80. The van der Waals surface area contributed by atoms with Gasteiger partial charge in [0.15, 0.2) is 5.84 Å². The summed E-state index contributed by atoms with van der Waals surface area (Å²) in [4.78, 5) is 17.0. The van der Waals surface area contributed by atoms with E-state index in [1.807, 2.05) is 54.6 Å². The maximum absolute atomic E-state index is 12.5. The zero-order valence-electron chi connectivity index (χ0n) is 11.2. The van der Waals surface area contributed by atoms with E-state index >= 15 is 0 Å². The Bertz CT molecular complexity index is 877. The molecule has 0 aromatic heterocycles. The molecule has 1 aliphatic rings. The third-order valence-electron chi connectivity index (χ3n) is 3.62. The lowest BCUT2D eigenvalue weighted by atomic mass is 10.0. The molecule has 0 spiro atoms. The van der Waals surface area contributed by atoms with Crippen molar-refractivity contribution in [3.05, 3.63) is 72.3 Å². The normalized spacial score (nSPS) is 12.7. The van der Waals surface area contributed by atoms with Gasteiger partial charge in [0.25, 0.3) is 0 Å². The molecule has 3 heteroatoms. The lowest BCUT2D eigenvalue weighted by Gasteiger charge is -2.18. The second kappa shape index (κ2) is 4.56. The summed E-state index contributed by atoms with van der Waals surface area (Å²) in [6.45, 7) is 0. The van der Waals surface area contributed by atoms with E-state index in [-0.39, 0.29) is 5.78 Å². The number of hydrogen-bond acceptors (Lipinski definition) is 3. The number of Topliss-reactive ketones (excluding diaryl/α,β-unsaturated/α-hetero) is 1. The summed E-state index contributed by atoms with van der Waals surface area (Å²) in [6, 6.07) is 21.1. The molecule has 0 aliphatic carbocycles. The Morgan fingerprint density at radius 2 is 1.62 bits per heavy atom. The summed E-state index contributed by atoms with van der Waals surface area (Å²) in [7, 11) is 0. The highest BCUT2D eigenvalue weighted by Gasteiger charge is 2.20. The van der Waals surface area contributed by atoms with Crippen LogP contribution in [-0.4, -0.2) is 11.6 Å². The summed E-state index contributed by atoms with van der Waals surface area (Å²) in [5.41, 5.74) is 2.40. The van der Waals surface area contributed by atoms with Gasteiger partial charge in [-0.3, -0.25) is 4.79 Å². The Kier molecular flexibility index (Phi) is 2.57. The number of rotatable bonds is 2. The predicted molar refractivity (Wildman–Crippen MR) is 85.4 cm³/mol. The first kappa shape index (κ1) is 11.9. The van der Waals surface area contributed by atoms with E-state index in [9.17, 15) is 4.79 Å². The second-order valence-corrected chi connectivity index (χ2v) is 4.96. The van der Waals surface area contributed by atoms with Crippen molar-refractivity contribution in [2.45, 2.75) is 0 Å². The van der Waals surface area contributed by atoms with Crippen molar-refractivity contribution < 1.29 is 4.79 Å². The Labute approximate surface area is 122 Å². The first-order chi connectivity index (χ1) is 10.3. The van der Waals surface area contributed by atoms with Crippen molar-refractivity contribution in [1.82, 2.24) is 0 Å². The highest BCUT2D eigenvalue weighted by atomic mass is 16.1. The van der Waals surface area contributed by atoms with E-state index in [2.05, 4.69) is 10.3 Å². The van der Waals surface area contributed by atoms with Gasteiger partial charge in [0.2, 0.25) is 5.78 Å². The second-order valence-electron chi connectivity index (χ2n) is 4.96. The largest absolute Gasteiger partial charge is 0.336 e. The minimum atomic E-state index is -0.0953. The molecule has 3 aromatic rings. The van der Waals surface area contributed by atoms with Crippen LogP contribution in [0.25, 0.3) is 10.8 Å². The topological polar surface area (TPSA) is 41.5 Å². The van der Waals surface area contributed by atoms with Gasteiger partial charge in [0.1, 0.15) is 0 Å². The lowest BCUT2D eigenvalue weighted by Crippen LogP contribution is -2.24. The van der Waals surface area contributed by atoms with Gasteiger partial charge >= 0.3 is 0 Å². The minimum absolute atomic E-state index is 0.0953. The van der Waals surface area contributed by atoms with Crippen LogP contribution in [0.5, 0.6) is 0 Å². The number of carbonyl (C=O) groups is 1. The smallest absolute Gasteiger partial charge is 0.228 e. The summed E-state index contributed by atoms with van der Waals surface area (Å²) in [6.07, 6.45) is 0. The summed E-state index contributed by atoms with van der Waals surface area (Å²) in [5, 5.41) is 5.34. The fraction of sp³-hybridized carbons (Fsp3) is 0. The van der Waals surface area contributed by atoms with E-state index in [4.69, 9.17) is 0 Å². The number of ketones is 1. The van der Waals surface area contributed by atoms with E-state index in [1.165, 1.54) is 0 Å².